The molecule has 4 rings (SSSR count). The number of hydrogen-bond acceptors (Lipinski definition) is 4. The van der Waals surface area contributed by atoms with Crippen molar-refractivity contribution >= 4 is 11.8 Å². The monoisotopic (exact) mass is 345 g/mol. The molecule has 3 aliphatic rings. The molecule has 1 aliphatic carbocycles. The van der Waals surface area contributed by atoms with Gasteiger partial charge in [-0.25, -0.2) is 0 Å². The average molecular weight is 345 g/mol. The maximum absolute atomic E-state index is 12.8. The highest BCUT2D eigenvalue weighted by atomic mass is 16.2. The third-order valence-electron chi connectivity index (χ3n) is 5.90. The quantitative estimate of drug-likeness (QED) is 0.805. The zero-order valence-corrected chi connectivity index (χ0v) is 14.9. The molecule has 2 amide bonds. The summed E-state index contributed by atoms with van der Waals surface area (Å²) in [6.07, 6.45) is 6.51. The summed E-state index contributed by atoms with van der Waals surface area (Å²) in [6.45, 7) is 5.97. The van der Waals surface area contributed by atoms with Gasteiger partial charge >= 0.3 is 0 Å². The van der Waals surface area contributed by atoms with Gasteiger partial charge in [-0.1, -0.05) is 0 Å². The minimum Gasteiger partial charge on any atom is -0.342 e. The van der Waals surface area contributed by atoms with Crippen LogP contribution in [-0.2, 0) is 16.1 Å². The number of likely N-dealkylation sites (tertiary alicyclic amines) is 2. The van der Waals surface area contributed by atoms with E-state index in [1.807, 2.05) is 9.80 Å². The third-order valence-corrected chi connectivity index (χ3v) is 5.90. The van der Waals surface area contributed by atoms with Crippen LogP contribution in [0.2, 0.25) is 0 Å². The number of amides is 2. The Bertz CT molecular complexity index is 646. The predicted molar refractivity (Wildman–Crippen MR) is 91.7 cm³/mol. The van der Waals surface area contributed by atoms with Crippen LogP contribution in [0, 0.1) is 11.8 Å². The number of carbonyl (C=O) groups is 2. The van der Waals surface area contributed by atoms with E-state index in [9.17, 15) is 9.59 Å². The summed E-state index contributed by atoms with van der Waals surface area (Å²) in [6, 6.07) is 0. The third kappa shape index (κ3) is 3.41. The fourth-order valence-corrected chi connectivity index (χ4v) is 4.17. The normalized spacial score (nSPS) is 25.0. The SMILES string of the molecule is CCn1cnnc1C1CCN(C(=O)[C@@H]2CC(=O)N(CC3CC3)C2)CC1. The van der Waals surface area contributed by atoms with Crippen LogP contribution < -0.4 is 0 Å². The highest BCUT2D eigenvalue weighted by Crippen LogP contribution is 2.33. The minimum atomic E-state index is -0.137. The Morgan fingerprint density at radius 1 is 1.24 bits per heavy atom. The van der Waals surface area contributed by atoms with E-state index in [4.69, 9.17) is 0 Å². The van der Waals surface area contributed by atoms with E-state index >= 15 is 0 Å². The summed E-state index contributed by atoms with van der Waals surface area (Å²) in [5.74, 6) is 2.30. The van der Waals surface area contributed by atoms with Crippen molar-refractivity contribution in [1.29, 1.82) is 0 Å². The molecular weight excluding hydrogens is 318 g/mol. The molecule has 0 N–H and O–H groups in total. The number of nitrogens with zero attached hydrogens (tertiary/aromatic N) is 5. The van der Waals surface area contributed by atoms with Crippen molar-refractivity contribution in [2.75, 3.05) is 26.2 Å². The van der Waals surface area contributed by atoms with Crippen LogP contribution >= 0.6 is 0 Å². The Hall–Kier alpha value is -1.92. The van der Waals surface area contributed by atoms with Gasteiger partial charge < -0.3 is 14.4 Å². The Balaban J connectivity index is 1.31. The van der Waals surface area contributed by atoms with Crippen LogP contribution in [0.3, 0.4) is 0 Å². The van der Waals surface area contributed by atoms with E-state index in [0.717, 1.165) is 44.8 Å². The molecule has 1 aromatic heterocycles. The Morgan fingerprint density at radius 3 is 2.68 bits per heavy atom. The summed E-state index contributed by atoms with van der Waals surface area (Å²) < 4.78 is 2.09. The van der Waals surface area contributed by atoms with Crippen molar-refractivity contribution in [3.8, 4) is 0 Å². The van der Waals surface area contributed by atoms with Crippen LogP contribution in [0.15, 0.2) is 6.33 Å². The predicted octanol–water partition coefficient (Wildman–Crippen LogP) is 1.26. The number of aromatic nitrogens is 3. The van der Waals surface area contributed by atoms with E-state index < -0.39 is 0 Å². The van der Waals surface area contributed by atoms with Crippen molar-refractivity contribution in [2.45, 2.75) is 51.5 Å². The maximum Gasteiger partial charge on any atom is 0.227 e. The van der Waals surface area contributed by atoms with Gasteiger partial charge in [-0.15, -0.1) is 10.2 Å². The van der Waals surface area contributed by atoms with Crippen LogP contribution in [0.25, 0.3) is 0 Å². The van der Waals surface area contributed by atoms with Gasteiger partial charge in [0.2, 0.25) is 11.8 Å². The highest BCUT2D eigenvalue weighted by Gasteiger charge is 2.39. The van der Waals surface area contributed by atoms with Gasteiger partial charge in [-0.2, -0.15) is 0 Å². The molecule has 0 spiro atoms. The smallest absolute Gasteiger partial charge is 0.227 e. The van der Waals surface area contributed by atoms with Gasteiger partial charge in [0.05, 0.1) is 5.92 Å². The molecule has 136 valence electrons. The van der Waals surface area contributed by atoms with Gasteiger partial charge in [0, 0.05) is 45.1 Å². The molecule has 3 heterocycles. The van der Waals surface area contributed by atoms with Gasteiger partial charge in [-0.05, 0) is 38.5 Å². The molecule has 0 aromatic carbocycles. The van der Waals surface area contributed by atoms with Gasteiger partial charge in [0.25, 0.3) is 0 Å². The van der Waals surface area contributed by atoms with Gasteiger partial charge in [-0.3, -0.25) is 9.59 Å². The molecule has 1 saturated carbocycles. The first-order valence-electron chi connectivity index (χ1n) is 9.60. The van der Waals surface area contributed by atoms with Crippen LogP contribution in [0.5, 0.6) is 0 Å². The summed E-state index contributed by atoms with van der Waals surface area (Å²) >= 11 is 0. The number of rotatable bonds is 5. The Labute approximate surface area is 148 Å². The Morgan fingerprint density at radius 2 is 2.00 bits per heavy atom. The fraction of sp³-hybridized carbons (Fsp3) is 0.778. The molecule has 1 aromatic rings. The minimum absolute atomic E-state index is 0.137. The lowest BCUT2D eigenvalue weighted by atomic mass is 9.94. The lowest BCUT2D eigenvalue weighted by Crippen LogP contribution is -2.42. The molecule has 2 saturated heterocycles. The summed E-state index contributed by atoms with van der Waals surface area (Å²) in [7, 11) is 0. The largest absolute Gasteiger partial charge is 0.342 e. The molecular formula is C18H27N5O2. The highest BCUT2D eigenvalue weighted by molar-refractivity contribution is 5.89. The molecule has 1 atom stereocenters. The van der Waals surface area contributed by atoms with E-state index in [1.54, 1.807) is 6.33 Å². The number of hydrogen-bond donors (Lipinski definition) is 0. The zero-order valence-electron chi connectivity index (χ0n) is 14.9. The molecule has 0 bridgehead atoms. The second kappa shape index (κ2) is 6.77. The fourth-order valence-electron chi connectivity index (χ4n) is 4.17. The molecule has 3 fully saturated rings. The maximum atomic E-state index is 12.8. The van der Waals surface area contributed by atoms with E-state index in [1.165, 1.54) is 12.8 Å². The molecule has 0 unspecified atom stereocenters. The molecule has 7 nitrogen and oxygen atoms in total. The number of piperidine rings is 1. The zero-order chi connectivity index (χ0) is 17.4. The Kier molecular flexibility index (Phi) is 4.48. The van der Waals surface area contributed by atoms with E-state index in [0.29, 0.717) is 24.8 Å². The lowest BCUT2D eigenvalue weighted by Gasteiger charge is -2.33. The first kappa shape index (κ1) is 16.5. The number of carbonyl (C=O) groups excluding carboxylic acids is 2. The standard InChI is InChI=1S/C18H27N5O2/c1-2-21-12-19-20-17(21)14-5-7-22(8-6-14)18(25)15-9-16(24)23(11-15)10-13-3-4-13/h12-15H,2-11H2,1H3/t15-/m1/s1. The molecule has 0 radical (unpaired) electrons. The van der Waals surface area contributed by atoms with E-state index in [-0.39, 0.29) is 17.7 Å². The second-order valence-corrected chi connectivity index (χ2v) is 7.72. The van der Waals surface area contributed by atoms with Crippen molar-refractivity contribution in [3.05, 3.63) is 12.2 Å². The van der Waals surface area contributed by atoms with Crippen LogP contribution in [0.1, 0.15) is 50.8 Å². The lowest BCUT2D eigenvalue weighted by molar-refractivity contribution is -0.136. The van der Waals surface area contributed by atoms with Crippen molar-refractivity contribution in [2.24, 2.45) is 11.8 Å². The second-order valence-electron chi connectivity index (χ2n) is 7.72. The first-order valence-corrected chi connectivity index (χ1v) is 9.60. The topological polar surface area (TPSA) is 71.3 Å². The average Bonchev–Trinajstić information content (AvgIpc) is 3.19. The summed E-state index contributed by atoms with van der Waals surface area (Å²) in [5.41, 5.74) is 0. The van der Waals surface area contributed by atoms with Crippen molar-refractivity contribution in [3.63, 3.8) is 0 Å². The van der Waals surface area contributed by atoms with Crippen molar-refractivity contribution < 1.29 is 9.59 Å². The van der Waals surface area contributed by atoms with Gasteiger partial charge in [0.1, 0.15) is 12.2 Å². The molecule has 25 heavy (non-hydrogen) atoms. The van der Waals surface area contributed by atoms with E-state index in [2.05, 4.69) is 21.7 Å². The molecule has 2 aliphatic heterocycles. The van der Waals surface area contributed by atoms with Crippen molar-refractivity contribution in [1.82, 2.24) is 24.6 Å². The van der Waals surface area contributed by atoms with Gasteiger partial charge in [0.15, 0.2) is 0 Å². The van der Waals surface area contributed by atoms with Crippen LogP contribution in [-0.4, -0.2) is 62.6 Å². The summed E-state index contributed by atoms with van der Waals surface area (Å²) in [4.78, 5) is 28.8. The van der Waals surface area contributed by atoms with Crippen LogP contribution in [0.4, 0.5) is 0 Å². The summed E-state index contributed by atoms with van der Waals surface area (Å²) in [5, 5.41) is 8.29. The first-order chi connectivity index (χ1) is 12.2. The number of aryl methyl sites for hydroxylation is 1. The molecule has 7 heteroatoms.